The quantitative estimate of drug-likeness (QED) is 0.804. The lowest BCUT2D eigenvalue weighted by molar-refractivity contribution is 0.598. The number of nitrogens with zero attached hydrogens (tertiary/aromatic N) is 1. The zero-order valence-electron chi connectivity index (χ0n) is 9.39. The third-order valence-electron chi connectivity index (χ3n) is 2.71. The number of primary sulfonamides is 1. The molecule has 1 aromatic carbocycles. The summed E-state index contributed by atoms with van der Waals surface area (Å²) in [5.74, 6) is 0. The highest BCUT2D eigenvalue weighted by molar-refractivity contribution is 7.89. The van der Waals surface area contributed by atoms with Gasteiger partial charge in [-0.2, -0.15) is 5.10 Å². The smallest absolute Gasteiger partial charge is 0.238 e. The molecule has 0 atom stereocenters. The third-order valence-corrected chi connectivity index (χ3v) is 3.64. The van der Waals surface area contributed by atoms with Gasteiger partial charge in [0.25, 0.3) is 0 Å². The van der Waals surface area contributed by atoms with Crippen molar-refractivity contribution in [2.45, 2.75) is 30.6 Å². The van der Waals surface area contributed by atoms with Gasteiger partial charge in [-0.3, -0.25) is 5.43 Å². The Morgan fingerprint density at radius 3 is 2.24 bits per heavy atom. The van der Waals surface area contributed by atoms with Crippen LogP contribution in [0.1, 0.15) is 25.7 Å². The molecule has 3 N–H and O–H groups in total. The Kier molecular flexibility index (Phi) is 3.44. The van der Waals surface area contributed by atoms with E-state index in [1.54, 1.807) is 12.1 Å². The molecule has 0 aliphatic heterocycles. The summed E-state index contributed by atoms with van der Waals surface area (Å²) in [4.78, 5) is 0.108. The molecule has 1 aromatic rings. The molecule has 0 amide bonds. The van der Waals surface area contributed by atoms with Crippen LogP contribution in [-0.4, -0.2) is 14.1 Å². The van der Waals surface area contributed by atoms with E-state index in [0.717, 1.165) is 18.5 Å². The van der Waals surface area contributed by atoms with E-state index >= 15 is 0 Å². The summed E-state index contributed by atoms with van der Waals surface area (Å²) < 4.78 is 22.1. The fourth-order valence-electron chi connectivity index (χ4n) is 1.76. The first-order valence-electron chi connectivity index (χ1n) is 5.50. The van der Waals surface area contributed by atoms with E-state index in [9.17, 15) is 8.42 Å². The molecule has 2 rings (SSSR count). The van der Waals surface area contributed by atoms with Crippen molar-refractivity contribution in [3.63, 3.8) is 0 Å². The Morgan fingerprint density at radius 2 is 1.71 bits per heavy atom. The van der Waals surface area contributed by atoms with E-state index < -0.39 is 10.0 Å². The van der Waals surface area contributed by atoms with Crippen molar-refractivity contribution in [1.29, 1.82) is 0 Å². The molecule has 5 nitrogen and oxygen atoms in total. The highest BCUT2D eigenvalue weighted by atomic mass is 32.2. The van der Waals surface area contributed by atoms with E-state index in [2.05, 4.69) is 10.5 Å². The van der Waals surface area contributed by atoms with Gasteiger partial charge in [-0.1, -0.05) is 0 Å². The van der Waals surface area contributed by atoms with Crippen molar-refractivity contribution in [2.75, 3.05) is 5.43 Å². The number of nitrogens with one attached hydrogen (secondary N) is 1. The molecular formula is C11H15N3O2S. The van der Waals surface area contributed by atoms with Crippen molar-refractivity contribution in [3.8, 4) is 0 Å². The molecule has 1 saturated carbocycles. The molecular weight excluding hydrogens is 238 g/mol. The van der Waals surface area contributed by atoms with Crippen molar-refractivity contribution < 1.29 is 8.42 Å². The van der Waals surface area contributed by atoms with Gasteiger partial charge >= 0.3 is 0 Å². The Labute approximate surface area is 101 Å². The number of hydrogen-bond donors (Lipinski definition) is 2. The molecule has 0 unspecified atom stereocenters. The summed E-state index contributed by atoms with van der Waals surface area (Å²) in [7, 11) is -3.61. The second-order valence-electron chi connectivity index (χ2n) is 4.07. The average Bonchev–Trinajstić information content (AvgIpc) is 2.78. The summed E-state index contributed by atoms with van der Waals surface area (Å²) in [6.45, 7) is 0. The SMILES string of the molecule is NS(=O)(=O)c1ccc(NN=C2CCCC2)cc1. The molecule has 0 aromatic heterocycles. The summed E-state index contributed by atoms with van der Waals surface area (Å²) in [6, 6.07) is 6.23. The monoisotopic (exact) mass is 253 g/mol. The predicted octanol–water partition coefficient (Wildman–Crippen LogP) is 1.68. The summed E-state index contributed by atoms with van der Waals surface area (Å²) >= 11 is 0. The topological polar surface area (TPSA) is 84.5 Å². The fourth-order valence-corrected chi connectivity index (χ4v) is 2.27. The number of nitrogens with two attached hydrogens (primary N) is 1. The molecule has 0 saturated heterocycles. The molecule has 92 valence electrons. The van der Waals surface area contributed by atoms with E-state index in [-0.39, 0.29) is 4.90 Å². The van der Waals surface area contributed by atoms with Crippen LogP contribution < -0.4 is 10.6 Å². The molecule has 17 heavy (non-hydrogen) atoms. The van der Waals surface area contributed by atoms with Gasteiger partial charge in [-0.15, -0.1) is 0 Å². The second kappa shape index (κ2) is 4.85. The molecule has 0 bridgehead atoms. The zero-order chi connectivity index (χ0) is 12.3. The van der Waals surface area contributed by atoms with Crippen LogP contribution in [-0.2, 0) is 10.0 Å². The molecule has 0 heterocycles. The van der Waals surface area contributed by atoms with Gasteiger partial charge in [0.1, 0.15) is 0 Å². The first kappa shape index (κ1) is 12.1. The maximum atomic E-state index is 11.0. The lowest BCUT2D eigenvalue weighted by Crippen LogP contribution is -2.11. The van der Waals surface area contributed by atoms with E-state index in [0.29, 0.717) is 0 Å². The van der Waals surface area contributed by atoms with E-state index in [1.165, 1.54) is 30.7 Å². The Balaban J connectivity index is 2.06. The molecule has 6 heteroatoms. The van der Waals surface area contributed by atoms with Crippen molar-refractivity contribution >= 4 is 21.4 Å². The first-order chi connectivity index (χ1) is 8.05. The fraction of sp³-hybridized carbons (Fsp3) is 0.364. The standard InChI is InChI=1S/C11H15N3O2S/c12-17(15,16)11-7-5-10(6-8-11)14-13-9-3-1-2-4-9/h5-8,14H,1-4H2,(H2,12,15,16). The minimum absolute atomic E-state index is 0.108. The second-order valence-corrected chi connectivity index (χ2v) is 5.63. The van der Waals surface area contributed by atoms with Crippen molar-refractivity contribution in [3.05, 3.63) is 24.3 Å². The highest BCUT2D eigenvalue weighted by Crippen LogP contribution is 2.16. The zero-order valence-corrected chi connectivity index (χ0v) is 10.2. The van der Waals surface area contributed by atoms with Gasteiger partial charge in [0.15, 0.2) is 0 Å². The average molecular weight is 253 g/mol. The summed E-state index contributed by atoms with van der Waals surface area (Å²) in [5, 5.41) is 9.28. The maximum absolute atomic E-state index is 11.0. The number of sulfonamides is 1. The van der Waals surface area contributed by atoms with Gasteiger partial charge < -0.3 is 0 Å². The summed E-state index contributed by atoms with van der Waals surface area (Å²) in [5.41, 5.74) is 4.85. The largest absolute Gasteiger partial charge is 0.279 e. The van der Waals surface area contributed by atoms with Crippen LogP contribution in [0.3, 0.4) is 0 Å². The van der Waals surface area contributed by atoms with Crippen LogP contribution in [0.5, 0.6) is 0 Å². The number of benzene rings is 1. The van der Waals surface area contributed by atoms with Crippen molar-refractivity contribution in [1.82, 2.24) is 0 Å². The van der Waals surface area contributed by atoms with E-state index in [1.807, 2.05) is 0 Å². The predicted molar refractivity (Wildman–Crippen MR) is 67.3 cm³/mol. The number of hydrogen-bond acceptors (Lipinski definition) is 4. The van der Waals surface area contributed by atoms with Crippen LogP contribution >= 0.6 is 0 Å². The van der Waals surface area contributed by atoms with Crippen LogP contribution in [0, 0.1) is 0 Å². The molecule has 1 fully saturated rings. The lowest BCUT2D eigenvalue weighted by atomic mass is 10.3. The molecule has 0 radical (unpaired) electrons. The van der Waals surface area contributed by atoms with Crippen LogP contribution in [0.2, 0.25) is 0 Å². The van der Waals surface area contributed by atoms with Gasteiger partial charge in [0.2, 0.25) is 10.0 Å². The Morgan fingerprint density at radius 1 is 1.12 bits per heavy atom. The molecule has 0 spiro atoms. The molecule has 1 aliphatic rings. The van der Waals surface area contributed by atoms with Crippen LogP contribution in [0.15, 0.2) is 34.3 Å². The van der Waals surface area contributed by atoms with Gasteiger partial charge in [-0.05, 0) is 49.9 Å². The van der Waals surface area contributed by atoms with Crippen LogP contribution in [0.4, 0.5) is 5.69 Å². The molecule has 1 aliphatic carbocycles. The van der Waals surface area contributed by atoms with Gasteiger partial charge in [-0.25, -0.2) is 13.6 Å². The number of rotatable bonds is 3. The Bertz CT molecular complexity index is 512. The maximum Gasteiger partial charge on any atom is 0.238 e. The van der Waals surface area contributed by atoms with Crippen molar-refractivity contribution in [2.24, 2.45) is 10.2 Å². The first-order valence-corrected chi connectivity index (χ1v) is 7.05. The summed E-state index contributed by atoms with van der Waals surface area (Å²) in [6.07, 6.45) is 4.49. The van der Waals surface area contributed by atoms with Gasteiger partial charge in [0.05, 0.1) is 10.6 Å². The number of hydrazone groups is 1. The Hall–Kier alpha value is -1.40. The minimum Gasteiger partial charge on any atom is -0.279 e. The van der Waals surface area contributed by atoms with E-state index in [4.69, 9.17) is 5.14 Å². The normalized spacial score (nSPS) is 15.9. The highest BCUT2D eigenvalue weighted by Gasteiger charge is 2.08. The number of anilines is 1. The lowest BCUT2D eigenvalue weighted by Gasteiger charge is -2.03. The van der Waals surface area contributed by atoms with Gasteiger partial charge in [0, 0.05) is 5.71 Å². The minimum atomic E-state index is -3.61. The third kappa shape index (κ3) is 3.28. The van der Waals surface area contributed by atoms with Crippen LogP contribution in [0.25, 0.3) is 0 Å².